The fraction of sp³-hybridized carbons (Fsp3) is 0.0769. The molecule has 174 valence electrons. The monoisotopic (exact) mass is 503 g/mol. The lowest BCUT2D eigenvalue weighted by molar-refractivity contribution is -0.385. The number of amides is 2. The molecule has 2 amide bonds. The van der Waals surface area contributed by atoms with Crippen LogP contribution in [-0.4, -0.2) is 25.5 Å². The summed E-state index contributed by atoms with van der Waals surface area (Å²) in [6.45, 7) is 0.460. The van der Waals surface area contributed by atoms with Gasteiger partial charge in [0.15, 0.2) is 0 Å². The van der Waals surface area contributed by atoms with Crippen molar-refractivity contribution in [1.29, 1.82) is 0 Å². The van der Waals surface area contributed by atoms with Gasteiger partial charge in [-0.25, -0.2) is 0 Å². The van der Waals surface area contributed by atoms with Crippen molar-refractivity contribution in [3.8, 4) is 0 Å². The van der Waals surface area contributed by atoms with Gasteiger partial charge in [-0.1, -0.05) is 60.1 Å². The number of thioether (sulfide) groups is 1. The summed E-state index contributed by atoms with van der Waals surface area (Å²) in [6, 6.07) is 21.3. The Labute approximate surface area is 209 Å². The van der Waals surface area contributed by atoms with Gasteiger partial charge in [-0.15, -0.1) is 0 Å². The molecule has 0 saturated carbocycles. The highest BCUT2D eigenvalue weighted by molar-refractivity contribution is 8.18. The van der Waals surface area contributed by atoms with Crippen LogP contribution < -0.4 is 0 Å². The maximum absolute atomic E-state index is 13.1. The number of aromatic nitrogens is 1. The molecule has 0 atom stereocenters. The van der Waals surface area contributed by atoms with Crippen LogP contribution in [0.2, 0.25) is 5.02 Å². The predicted octanol–water partition coefficient (Wildman–Crippen LogP) is 6.49. The third-order valence-electron chi connectivity index (χ3n) is 5.76. The van der Waals surface area contributed by atoms with Gasteiger partial charge in [-0.3, -0.25) is 24.6 Å². The van der Waals surface area contributed by atoms with E-state index in [1.54, 1.807) is 48.5 Å². The number of carbonyl (C=O) groups excluding carboxylic acids is 2. The van der Waals surface area contributed by atoms with E-state index in [1.807, 2.05) is 35.0 Å². The topological polar surface area (TPSA) is 85.5 Å². The van der Waals surface area contributed by atoms with Gasteiger partial charge in [0.05, 0.1) is 22.9 Å². The Bertz CT molecular complexity index is 1510. The number of fused-ring (bicyclic) bond motifs is 1. The van der Waals surface area contributed by atoms with E-state index in [0.717, 1.165) is 33.8 Å². The van der Waals surface area contributed by atoms with E-state index in [1.165, 1.54) is 11.0 Å². The number of halogens is 1. The number of rotatable bonds is 6. The standard InChI is InChI=1S/C26H18ClN3O4S/c27-20-11-9-17(10-12-20)14-29-25(31)24(35-26(29)32)13-19-16-28(23-8-4-2-6-21(19)23)15-18-5-1-3-7-22(18)30(33)34/h1-13,16H,14-15H2/b24-13-. The third kappa shape index (κ3) is 4.58. The van der Waals surface area contributed by atoms with Crippen molar-refractivity contribution in [2.24, 2.45) is 0 Å². The van der Waals surface area contributed by atoms with Crippen molar-refractivity contribution in [3.05, 3.63) is 116 Å². The number of nitrogens with zero attached hydrogens (tertiary/aromatic N) is 3. The Morgan fingerprint density at radius 3 is 2.43 bits per heavy atom. The number of para-hydroxylation sites is 2. The van der Waals surface area contributed by atoms with E-state index < -0.39 is 4.92 Å². The van der Waals surface area contributed by atoms with Crippen molar-refractivity contribution in [3.63, 3.8) is 0 Å². The van der Waals surface area contributed by atoms with E-state index in [4.69, 9.17) is 11.6 Å². The Morgan fingerprint density at radius 1 is 0.943 bits per heavy atom. The molecule has 1 saturated heterocycles. The predicted molar refractivity (Wildman–Crippen MR) is 137 cm³/mol. The maximum atomic E-state index is 13.1. The Balaban J connectivity index is 1.47. The molecule has 0 spiro atoms. The van der Waals surface area contributed by atoms with Crippen molar-refractivity contribution < 1.29 is 14.5 Å². The summed E-state index contributed by atoms with van der Waals surface area (Å²) >= 11 is 6.83. The molecule has 9 heteroatoms. The molecule has 0 radical (unpaired) electrons. The Hall–Kier alpha value is -3.88. The van der Waals surface area contributed by atoms with E-state index in [0.29, 0.717) is 22.0 Å². The maximum Gasteiger partial charge on any atom is 0.293 e. The third-order valence-corrected chi connectivity index (χ3v) is 6.92. The number of carbonyl (C=O) groups is 2. The normalized spacial score (nSPS) is 14.9. The van der Waals surface area contributed by atoms with Gasteiger partial charge < -0.3 is 4.57 Å². The zero-order valence-electron chi connectivity index (χ0n) is 18.3. The van der Waals surface area contributed by atoms with Crippen LogP contribution in [0.3, 0.4) is 0 Å². The van der Waals surface area contributed by atoms with E-state index in [9.17, 15) is 19.7 Å². The van der Waals surface area contributed by atoms with Crippen LogP contribution in [0.1, 0.15) is 16.7 Å². The molecular weight excluding hydrogens is 486 g/mol. The van der Waals surface area contributed by atoms with Gasteiger partial charge in [0.25, 0.3) is 16.8 Å². The molecular formula is C26H18ClN3O4S. The molecule has 0 aliphatic carbocycles. The number of benzene rings is 3. The minimum Gasteiger partial charge on any atom is -0.342 e. The average Bonchev–Trinajstić information content (AvgIpc) is 3.32. The van der Waals surface area contributed by atoms with Gasteiger partial charge in [-0.05, 0) is 41.6 Å². The van der Waals surface area contributed by atoms with Crippen LogP contribution >= 0.6 is 23.4 Å². The quantitative estimate of drug-likeness (QED) is 0.170. The fourth-order valence-corrected chi connectivity index (χ4v) is 5.03. The molecule has 0 bridgehead atoms. The highest BCUT2D eigenvalue weighted by Crippen LogP contribution is 2.35. The molecule has 0 N–H and O–H groups in total. The number of hydrogen-bond acceptors (Lipinski definition) is 5. The molecule has 7 nitrogen and oxygen atoms in total. The van der Waals surface area contributed by atoms with Crippen LogP contribution in [0, 0.1) is 10.1 Å². The van der Waals surface area contributed by atoms with Gasteiger partial charge in [0.1, 0.15) is 0 Å². The molecule has 5 rings (SSSR count). The second-order valence-electron chi connectivity index (χ2n) is 8.01. The van der Waals surface area contributed by atoms with Crippen LogP contribution in [0.25, 0.3) is 17.0 Å². The molecule has 1 aromatic heterocycles. The molecule has 3 aromatic carbocycles. The first-order chi connectivity index (χ1) is 16.9. The fourth-order valence-electron chi connectivity index (χ4n) is 4.08. The average molecular weight is 504 g/mol. The van der Waals surface area contributed by atoms with Gasteiger partial charge in [0, 0.05) is 39.3 Å². The molecule has 0 unspecified atom stereocenters. The summed E-state index contributed by atoms with van der Waals surface area (Å²) in [7, 11) is 0. The van der Waals surface area contributed by atoms with Crippen LogP contribution in [0.15, 0.2) is 83.9 Å². The van der Waals surface area contributed by atoms with E-state index >= 15 is 0 Å². The smallest absolute Gasteiger partial charge is 0.293 e. The summed E-state index contributed by atoms with van der Waals surface area (Å²) in [5.41, 5.74) is 3.07. The van der Waals surface area contributed by atoms with Gasteiger partial charge in [-0.2, -0.15) is 0 Å². The zero-order valence-corrected chi connectivity index (χ0v) is 19.8. The molecule has 35 heavy (non-hydrogen) atoms. The number of imide groups is 1. The van der Waals surface area contributed by atoms with Crippen LogP contribution in [-0.2, 0) is 17.9 Å². The van der Waals surface area contributed by atoms with Crippen LogP contribution in [0.4, 0.5) is 10.5 Å². The first kappa shape index (κ1) is 22.9. The number of nitro groups is 1. The van der Waals surface area contributed by atoms with Gasteiger partial charge >= 0.3 is 0 Å². The number of nitro benzene ring substituents is 1. The minimum absolute atomic E-state index is 0.0511. The second-order valence-corrected chi connectivity index (χ2v) is 9.44. The number of hydrogen-bond donors (Lipinski definition) is 0. The Kier molecular flexibility index (Phi) is 6.15. The van der Waals surface area contributed by atoms with E-state index in [2.05, 4.69) is 0 Å². The SMILES string of the molecule is O=C1S/C(=C\c2cn(Cc3ccccc3[N+](=O)[O-])c3ccccc23)C(=O)N1Cc1ccc(Cl)cc1. The first-order valence-corrected chi connectivity index (χ1v) is 11.9. The molecule has 1 aliphatic heterocycles. The lowest BCUT2D eigenvalue weighted by Gasteiger charge is -2.12. The summed E-state index contributed by atoms with van der Waals surface area (Å²) in [5, 5.41) is 12.6. The first-order valence-electron chi connectivity index (χ1n) is 10.7. The zero-order chi connectivity index (χ0) is 24.5. The summed E-state index contributed by atoms with van der Waals surface area (Å²) in [4.78, 5) is 38.3. The molecule has 1 fully saturated rings. The summed E-state index contributed by atoms with van der Waals surface area (Å²) in [5.74, 6) is -0.356. The minimum atomic E-state index is -0.390. The van der Waals surface area contributed by atoms with Crippen molar-refractivity contribution in [2.45, 2.75) is 13.1 Å². The lowest BCUT2D eigenvalue weighted by atomic mass is 10.1. The van der Waals surface area contributed by atoms with Crippen molar-refractivity contribution >= 4 is 57.2 Å². The molecule has 2 heterocycles. The molecule has 4 aromatic rings. The highest BCUT2D eigenvalue weighted by Gasteiger charge is 2.35. The van der Waals surface area contributed by atoms with E-state index in [-0.39, 0.29) is 23.4 Å². The highest BCUT2D eigenvalue weighted by atomic mass is 35.5. The van der Waals surface area contributed by atoms with Gasteiger partial charge in [0.2, 0.25) is 0 Å². The van der Waals surface area contributed by atoms with Crippen molar-refractivity contribution in [2.75, 3.05) is 0 Å². The summed E-state index contributed by atoms with van der Waals surface area (Å²) < 4.78 is 1.92. The molecule has 1 aliphatic rings. The summed E-state index contributed by atoms with van der Waals surface area (Å²) in [6.07, 6.45) is 3.57. The van der Waals surface area contributed by atoms with Crippen LogP contribution in [0.5, 0.6) is 0 Å². The lowest BCUT2D eigenvalue weighted by Crippen LogP contribution is -2.27. The van der Waals surface area contributed by atoms with Crippen molar-refractivity contribution in [1.82, 2.24) is 9.47 Å². The largest absolute Gasteiger partial charge is 0.342 e. The second kappa shape index (κ2) is 9.40. The Morgan fingerprint density at radius 2 is 1.66 bits per heavy atom.